The van der Waals surface area contributed by atoms with Crippen molar-refractivity contribution in [2.75, 3.05) is 38.3 Å². The molecule has 0 aliphatic rings. The van der Waals surface area contributed by atoms with Crippen LogP contribution in [0.2, 0.25) is 0 Å². The van der Waals surface area contributed by atoms with Gasteiger partial charge in [-0.15, -0.1) is 0 Å². The molecule has 0 bridgehead atoms. The van der Waals surface area contributed by atoms with E-state index in [4.69, 9.17) is 15.3 Å². The van der Waals surface area contributed by atoms with Crippen LogP contribution in [0.3, 0.4) is 0 Å². The maximum absolute atomic E-state index is 8.79. The first-order valence-electron chi connectivity index (χ1n) is 5.08. The Labute approximate surface area is 93.8 Å². The molecule has 0 spiro atoms. The summed E-state index contributed by atoms with van der Waals surface area (Å²) in [6, 6.07) is 0. The van der Waals surface area contributed by atoms with Gasteiger partial charge in [-0.05, 0) is 0 Å². The van der Waals surface area contributed by atoms with Gasteiger partial charge in [0.2, 0.25) is 0 Å². The molecule has 0 unspecified atom stereocenters. The zero-order valence-corrected chi connectivity index (χ0v) is 11.2. The van der Waals surface area contributed by atoms with Crippen LogP contribution in [0, 0.1) is 0 Å². The normalized spacial score (nSPS) is 11.9. The molecule has 86 valence electrons. The molecular formula is C9H21O3PSe. The van der Waals surface area contributed by atoms with Crippen LogP contribution in [0.25, 0.3) is 0 Å². The molecule has 0 atom stereocenters. The first-order chi connectivity index (χ1) is 6.68. The Morgan fingerprint density at radius 1 is 0.714 bits per heavy atom. The average molecular weight is 287 g/mol. The number of hydrogen-bond acceptors (Lipinski definition) is 3. The molecule has 14 heavy (non-hydrogen) atoms. The molecule has 5 heteroatoms. The van der Waals surface area contributed by atoms with Gasteiger partial charge in [0.1, 0.15) is 0 Å². The van der Waals surface area contributed by atoms with Gasteiger partial charge in [-0.25, -0.2) is 0 Å². The van der Waals surface area contributed by atoms with Crippen LogP contribution in [0.5, 0.6) is 0 Å². The molecule has 0 saturated heterocycles. The van der Waals surface area contributed by atoms with Gasteiger partial charge < -0.3 is 0 Å². The van der Waals surface area contributed by atoms with Gasteiger partial charge in [-0.3, -0.25) is 0 Å². The molecule has 0 aromatic carbocycles. The van der Waals surface area contributed by atoms with Crippen LogP contribution in [0.4, 0.5) is 0 Å². The van der Waals surface area contributed by atoms with E-state index in [1.54, 1.807) is 0 Å². The Morgan fingerprint density at radius 2 is 1.00 bits per heavy atom. The molecular weight excluding hydrogens is 266 g/mol. The third-order valence-electron chi connectivity index (χ3n) is 2.17. The van der Waals surface area contributed by atoms with Crippen molar-refractivity contribution in [2.45, 2.75) is 19.3 Å². The monoisotopic (exact) mass is 288 g/mol. The first kappa shape index (κ1) is 14.8. The van der Waals surface area contributed by atoms with Gasteiger partial charge in [0.25, 0.3) is 0 Å². The van der Waals surface area contributed by atoms with Crippen molar-refractivity contribution >= 4 is 20.6 Å². The van der Waals surface area contributed by atoms with Gasteiger partial charge in [-0.2, -0.15) is 0 Å². The van der Waals surface area contributed by atoms with E-state index in [0.29, 0.717) is 0 Å². The van der Waals surface area contributed by atoms with Crippen LogP contribution in [0.1, 0.15) is 19.3 Å². The van der Waals surface area contributed by atoms with Gasteiger partial charge >= 0.3 is 93.5 Å². The Balaban J connectivity index is 3.97. The van der Waals surface area contributed by atoms with E-state index >= 15 is 0 Å². The quantitative estimate of drug-likeness (QED) is 0.420. The van der Waals surface area contributed by atoms with Gasteiger partial charge in [0.15, 0.2) is 0 Å². The van der Waals surface area contributed by atoms with Crippen molar-refractivity contribution in [3.63, 3.8) is 0 Å². The van der Waals surface area contributed by atoms with Crippen molar-refractivity contribution in [3.05, 3.63) is 0 Å². The molecule has 0 saturated carbocycles. The minimum atomic E-state index is -1.12. The second-order valence-electron chi connectivity index (χ2n) is 3.46. The summed E-state index contributed by atoms with van der Waals surface area (Å²) < 4.78 is 0. The molecule has 0 radical (unpaired) electrons. The maximum atomic E-state index is 8.79. The third kappa shape index (κ3) is 7.16. The molecule has 3 N–H and O–H groups in total. The zero-order valence-electron chi connectivity index (χ0n) is 8.56. The number of aliphatic hydroxyl groups excluding tert-OH is 3. The van der Waals surface area contributed by atoms with Crippen LogP contribution < -0.4 is 0 Å². The van der Waals surface area contributed by atoms with Crippen LogP contribution in [0.15, 0.2) is 0 Å². The van der Waals surface area contributed by atoms with Gasteiger partial charge in [-0.1, -0.05) is 0 Å². The number of aliphatic hydroxyl groups is 3. The van der Waals surface area contributed by atoms with Crippen LogP contribution in [-0.4, -0.2) is 68.7 Å². The summed E-state index contributed by atoms with van der Waals surface area (Å²) in [6.45, 7) is 0.713. The summed E-state index contributed by atoms with van der Waals surface area (Å²) in [5.41, 5.74) is -1.12. The Kier molecular flexibility index (Phi) is 9.62. The summed E-state index contributed by atoms with van der Waals surface area (Å²) in [4.78, 5) is 0. The summed E-state index contributed by atoms with van der Waals surface area (Å²) in [5, 5.41) is 26.4. The van der Waals surface area contributed by atoms with Gasteiger partial charge in [0.05, 0.1) is 0 Å². The predicted molar refractivity (Wildman–Crippen MR) is 62.4 cm³/mol. The fourth-order valence-corrected chi connectivity index (χ4v) is 6.67. The Hall–Kier alpha value is 0.829. The standard InChI is InChI=1S/C9H21O3PSe/c10-4-1-7-13(14,8-2-5-11)9-3-6-12/h10-12H,1-9H2. The molecule has 0 aliphatic heterocycles. The topological polar surface area (TPSA) is 60.7 Å². The molecule has 0 aliphatic carbocycles. The summed E-state index contributed by atoms with van der Waals surface area (Å²) >= 11 is 3.27. The Bertz CT molecular complexity index is 147. The minimum absolute atomic E-state index is 0.238. The van der Waals surface area contributed by atoms with E-state index < -0.39 is 5.51 Å². The van der Waals surface area contributed by atoms with Gasteiger partial charge in [0, 0.05) is 0 Å². The van der Waals surface area contributed by atoms with E-state index in [1.807, 2.05) is 0 Å². The second kappa shape index (κ2) is 9.08. The molecule has 0 amide bonds. The van der Waals surface area contributed by atoms with Crippen molar-refractivity contribution in [3.8, 4) is 0 Å². The SMILES string of the molecule is OCCCP(=[Se])(CCCO)CCCO. The molecule has 0 fully saturated rings. The van der Waals surface area contributed by atoms with E-state index in [2.05, 4.69) is 15.1 Å². The van der Waals surface area contributed by atoms with E-state index in [9.17, 15) is 0 Å². The van der Waals surface area contributed by atoms with E-state index in [-0.39, 0.29) is 19.8 Å². The van der Waals surface area contributed by atoms with Crippen molar-refractivity contribution in [2.24, 2.45) is 0 Å². The predicted octanol–water partition coefficient (Wildman–Crippen LogP) is 0.235. The number of hydrogen-bond donors (Lipinski definition) is 3. The summed E-state index contributed by atoms with van der Waals surface area (Å²) in [5.74, 6) is 0. The zero-order chi connectivity index (χ0) is 10.9. The fraction of sp³-hybridized carbons (Fsp3) is 1.00. The first-order valence-corrected chi connectivity index (χ1v) is 9.64. The average Bonchev–Trinajstić information content (AvgIpc) is 2.21. The molecule has 0 aromatic heterocycles. The number of rotatable bonds is 9. The summed E-state index contributed by atoms with van der Waals surface area (Å²) in [6.07, 6.45) is 5.59. The molecule has 0 rings (SSSR count). The van der Waals surface area contributed by atoms with Crippen LogP contribution in [-0.2, 0) is 0 Å². The fourth-order valence-electron chi connectivity index (χ4n) is 1.41. The summed E-state index contributed by atoms with van der Waals surface area (Å²) in [7, 11) is 0. The third-order valence-corrected chi connectivity index (χ3v) is 9.01. The van der Waals surface area contributed by atoms with E-state index in [1.165, 1.54) is 0 Å². The van der Waals surface area contributed by atoms with Crippen molar-refractivity contribution in [1.29, 1.82) is 0 Å². The van der Waals surface area contributed by atoms with Crippen LogP contribution >= 0.6 is 5.51 Å². The second-order valence-corrected chi connectivity index (χ2v) is 11.8. The Morgan fingerprint density at radius 3 is 1.21 bits per heavy atom. The molecule has 0 heterocycles. The van der Waals surface area contributed by atoms with E-state index in [0.717, 1.165) is 37.7 Å². The van der Waals surface area contributed by atoms with Crippen molar-refractivity contribution < 1.29 is 15.3 Å². The molecule has 3 nitrogen and oxygen atoms in total. The van der Waals surface area contributed by atoms with Crippen molar-refractivity contribution in [1.82, 2.24) is 0 Å². The molecule has 0 aromatic rings.